The topological polar surface area (TPSA) is 191 Å². The molecule has 5 atom stereocenters. The van der Waals surface area contributed by atoms with E-state index in [1.165, 1.54) is 11.0 Å². The molecule has 2 aromatic heterocycles. The molecule has 3 heterocycles. The fraction of sp³-hybridized carbons (Fsp3) is 0.514. The molecule has 0 radical (unpaired) electrons. The molecular weight excluding hydrogens is 703 g/mol. The second-order valence-corrected chi connectivity index (χ2v) is 18.0. The summed E-state index contributed by atoms with van der Waals surface area (Å²) in [6.45, 7) is 14.2. The molecule has 284 valence electrons. The zero-order valence-corrected chi connectivity index (χ0v) is 31.6. The summed E-state index contributed by atoms with van der Waals surface area (Å²) in [5, 5.41) is 10.7. The molecule has 15 nitrogen and oxygen atoms in total. The van der Waals surface area contributed by atoms with Crippen LogP contribution < -0.4 is 20.1 Å². The number of likely N-dealkylation sites (tertiary alicyclic amines) is 1. The number of benzene rings is 1. The first-order valence-corrected chi connectivity index (χ1v) is 19.2. The lowest BCUT2D eigenvalue weighted by Gasteiger charge is -2.36. The molecule has 3 aliphatic rings. The lowest BCUT2D eigenvalue weighted by molar-refractivity contribution is -0.143. The molecule has 0 unspecified atom stereocenters. The van der Waals surface area contributed by atoms with Crippen LogP contribution in [0.4, 0.5) is 4.79 Å². The van der Waals surface area contributed by atoms with Gasteiger partial charge in [-0.15, -0.1) is 6.58 Å². The molecule has 1 saturated heterocycles. The van der Waals surface area contributed by atoms with Crippen LogP contribution in [-0.4, -0.2) is 93.0 Å². The molecule has 53 heavy (non-hydrogen) atoms. The lowest BCUT2D eigenvalue weighted by Crippen LogP contribution is -2.60. The zero-order chi connectivity index (χ0) is 38.5. The fourth-order valence-corrected chi connectivity index (χ4v) is 7.95. The molecule has 0 bridgehead atoms. The zero-order valence-electron chi connectivity index (χ0n) is 30.8. The molecule has 2 saturated carbocycles. The van der Waals surface area contributed by atoms with Crippen molar-refractivity contribution < 1.29 is 37.1 Å². The van der Waals surface area contributed by atoms with Crippen LogP contribution in [0, 0.1) is 11.3 Å². The lowest BCUT2D eigenvalue weighted by atomic mass is 9.85. The maximum Gasteiger partial charge on any atom is 0.408 e. The molecule has 3 aromatic rings. The molecule has 4 amide bonds. The Kier molecular flexibility index (Phi) is 9.81. The van der Waals surface area contributed by atoms with E-state index in [0.29, 0.717) is 24.1 Å². The van der Waals surface area contributed by atoms with Crippen LogP contribution >= 0.6 is 0 Å². The van der Waals surface area contributed by atoms with Crippen LogP contribution in [0.2, 0.25) is 0 Å². The summed E-state index contributed by atoms with van der Waals surface area (Å²) < 4.78 is 41.2. The molecule has 6 rings (SSSR count). The molecular formula is C37H47N7O8S. The van der Waals surface area contributed by atoms with Gasteiger partial charge in [-0.1, -0.05) is 26.8 Å². The van der Waals surface area contributed by atoms with Gasteiger partial charge in [-0.05, 0) is 81.2 Å². The predicted molar refractivity (Wildman–Crippen MR) is 195 cm³/mol. The Morgan fingerprint density at radius 3 is 2.42 bits per heavy atom. The summed E-state index contributed by atoms with van der Waals surface area (Å²) >= 11 is 0. The average Bonchev–Trinajstić information content (AvgIpc) is 3.94. The summed E-state index contributed by atoms with van der Waals surface area (Å²) in [6.07, 6.45) is 6.15. The molecule has 2 aliphatic carbocycles. The Hall–Kier alpha value is -4.99. The minimum Gasteiger partial charge on any atom is -0.472 e. The second-order valence-electron chi connectivity index (χ2n) is 16.1. The quantitative estimate of drug-likeness (QED) is 0.245. The molecule has 1 aliphatic heterocycles. The van der Waals surface area contributed by atoms with Crippen LogP contribution in [0.25, 0.3) is 16.5 Å². The van der Waals surface area contributed by atoms with Gasteiger partial charge in [0, 0.05) is 36.3 Å². The normalized spacial score (nSPS) is 23.5. The SMILES string of the molecule is C=C[C@@H]1C[C@]1(NC(=O)[C@@H]1C[C@@H](Oc2nccc3cc(-n4cccn4)ccc23)CN1C(=O)[C@@H](NC(=O)OC(C)(C)C)C(C)(C)C)C(=O)NS(=O)(=O)C1CC1. The van der Waals surface area contributed by atoms with Gasteiger partial charge in [0.25, 0.3) is 5.91 Å². The number of carbonyl (C=O) groups is 4. The van der Waals surface area contributed by atoms with Gasteiger partial charge in [-0.3, -0.25) is 19.1 Å². The third-order valence-electron chi connectivity index (χ3n) is 9.63. The van der Waals surface area contributed by atoms with Crippen molar-refractivity contribution >= 4 is 44.6 Å². The second kappa shape index (κ2) is 13.8. The maximum atomic E-state index is 14.5. The van der Waals surface area contributed by atoms with E-state index in [1.54, 1.807) is 58.6 Å². The Morgan fingerprint density at radius 2 is 1.81 bits per heavy atom. The molecule has 3 N–H and O–H groups in total. The van der Waals surface area contributed by atoms with E-state index < -0.39 is 79.7 Å². The van der Waals surface area contributed by atoms with E-state index in [9.17, 15) is 27.6 Å². The number of ether oxygens (including phenoxy) is 2. The first kappa shape index (κ1) is 37.8. The molecule has 1 aromatic carbocycles. The number of fused-ring (bicyclic) bond motifs is 1. The number of amides is 4. The highest BCUT2D eigenvalue weighted by molar-refractivity contribution is 7.91. The van der Waals surface area contributed by atoms with Crippen molar-refractivity contribution in [2.45, 2.75) is 102 Å². The van der Waals surface area contributed by atoms with Crippen molar-refractivity contribution in [3.8, 4) is 11.6 Å². The minimum atomic E-state index is -3.90. The summed E-state index contributed by atoms with van der Waals surface area (Å²) in [7, 11) is -3.90. The number of sulfonamides is 1. The monoisotopic (exact) mass is 749 g/mol. The number of hydrogen-bond acceptors (Lipinski definition) is 10. The van der Waals surface area contributed by atoms with E-state index in [0.717, 1.165) is 11.1 Å². The highest BCUT2D eigenvalue weighted by Crippen LogP contribution is 2.45. The number of alkyl carbamates (subject to hydrolysis) is 1. The van der Waals surface area contributed by atoms with Crippen molar-refractivity contribution in [1.29, 1.82) is 0 Å². The third-order valence-corrected chi connectivity index (χ3v) is 11.4. The molecule has 16 heteroatoms. The fourth-order valence-electron chi connectivity index (χ4n) is 6.59. The van der Waals surface area contributed by atoms with E-state index in [1.807, 2.05) is 36.5 Å². The van der Waals surface area contributed by atoms with Crippen molar-refractivity contribution in [2.24, 2.45) is 11.3 Å². The number of nitrogens with zero attached hydrogens (tertiary/aromatic N) is 4. The standard InChI is InChI=1S/C37H47N7O8S/c1-8-23-20-37(23,33(47)42-53(49,50)26-11-12-26)41-30(45)28-19-25(21-43(28)32(46)29(35(2,3)4)40-34(48)52-36(5,6)7)51-31-27-13-10-24(44-17-9-15-39-44)18-22(27)14-16-38-31/h8-10,13-18,23,25-26,28-29H,1,11-12,19-21H2,2-7H3,(H,40,48)(H,41,45)(H,42,47)/t23-,25-,28+,29-,37-/m1/s1. The largest absolute Gasteiger partial charge is 0.472 e. The number of hydrogen-bond donors (Lipinski definition) is 3. The minimum absolute atomic E-state index is 0.0150. The van der Waals surface area contributed by atoms with Gasteiger partial charge in [-0.2, -0.15) is 5.10 Å². The van der Waals surface area contributed by atoms with Gasteiger partial charge in [-0.25, -0.2) is 22.9 Å². The summed E-state index contributed by atoms with van der Waals surface area (Å²) in [6, 6.07) is 7.06. The predicted octanol–water partition coefficient (Wildman–Crippen LogP) is 3.38. The van der Waals surface area contributed by atoms with Crippen LogP contribution in [0.15, 0.2) is 61.6 Å². The van der Waals surface area contributed by atoms with Crippen molar-refractivity contribution in [2.75, 3.05) is 6.54 Å². The number of carbonyl (C=O) groups excluding carboxylic acids is 4. The van der Waals surface area contributed by atoms with Crippen molar-refractivity contribution in [1.82, 2.24) is 35.0 Å². The Balaban J connectivity index is 1.29. The summed E-state index contributed by atoms with van der Waals surface area (Å²) in [5.41, 5.74) is -2.38. The van der Waals surface area contributed by atoms with Gasteiger partial charge in [0.15, 0.2) is 0 Å². The van der Waals surface area contributed by atoms with Crippen molar-refractivity contribution in [3.05, 3.63) is 61.6 Å². The van der Waals surface area contributed by atoms with Gasteiger partial charge in [0.2, 0.25) is 27.7 Å². The van der Waals surface area contributed by atoms with Gasteiger partial charge in [0.1, 0.15) is 29.3 Å². The summed E-state index contributed by atoms with van der Waals surface area (Å²) in [5.74, 6) is -2.31. The highest BCUT2D eigenvalue weighted by atomic mass is 32.2. The third kappa shape index (κ3) is 8.16. The molecule has 0 spiro atoms. The number of pyridine rings is 1. The van der Waals surface area contributed by atoms with Crippen molar-refractivity contribution in [3.63, 3.8) is 0 Å². The number of rotatable bonds is 11. The van der Waals surface area contributed by atoms with Crippen LogP contribution in [0.1, 0.15) is 67.2 Å². The average molecular weight is 750 g/mol. The van der Waals surface area contributed by atoms with Gasteiger partial charge < -0.3 is 25.0 Å². The first-order chi connectivity index (χ1) is 24.8. The van der Waals surface area contributed by atoms with Crippen LogP contribution in [0.5, 0.6) is 5.88 Å². The Bertz CT molecular complexity index is 2030. The highest BCUT2D eigenvalue weighted by Gasteiger charge is 2.62. The van der Waals surface area contributed by atoms with E-state index >= 15 is 0 Å². The van der Waals surface area contributed by atoms with E-state index in [-0.39, 0.29) is 19.4 Å². The van der Waals surface area contributed by atoms with E-state index in [2.05, 4.69) is 32.0 Å². The van der Waals surface area contributed by atoms with E-state index in [4.69, 9.17) is 9.47 Å². The Morgan fingerprint density at radius 1 is 1.08 bits per heavy atom. The van der Waals surface area contributed by atoms with Gasteiger partial charge in [0.05, 0.1) is 17.5 Å². The van der Waals surface area contributed by atoms with Crippen LogP contribution in [-0.2, 0) is 29.1 Å². The number of aromatic nitrogens is 3. The maximum absolute atomic E-state index is 14.5. The Labute approximate surface area is 308 Å². The van der Waals surface area contributed by atoms with Gasteiger partial charge >= 0.3 is 6.09 Å². The van der Waals surface area contributed by atoms with Crippen LogP contribution in [0.3, 0.4) is 0 Å². The number of nitrogens with one attached hydrogen (secondary N) is 3. The molecule has 3 fully saturated rings. The smallest absolute Gasteiger partial charge is 0.408 e. The summed E-state index contributed by atoms with van der Waals surface area (Å²) in [4.78, 5) is 61.0. The first-order valence-electron chi connectivity index (χ1n) is 17.7.